The highest BCUT2D eigenvalue weighted by Crippen LogP contribution is 2.34. The van der Waals surface area contributed by atoms with Gasteiger partial charge in [0.15, 0.2) is 12.9 Å². The number of amides is 1. The van der Waals surface area contributed by atoms with Gasteiger partial charge in [0.05, 0.1) is 22.4 Å². The summed E-state index contributed by atoms with van der Waals surface area (Å²) in [5.74, 6) is 1.71. The number of rotatable bonds is 7. The second kappa shape index (κ2) is 10.9. The zero-order valence-corrected chi connectivity index (χ0v) is 22.1. The molecule has 2 heterocycles. The maximum absolute atomic E-state index is 12.6. The Labute approximate surface area is 229 Å². The van der Waals surface area contributed by atoms with Gasteiger partial charge in [0.25, 0.3) is 4.92 Å². The van der Waals surface area contributed by atoms with Crippen molar-refractivity contribution in [1.82, 2.24) is 20.1 Å². The number of ether oxygens (including phenoxy) is 1. The van der Waals surface area contributed by atoms with Crippen LogP contribution < -0.4 is 10.1 Å². The van der Waals surface area contributed by atoms with Gasteiger partial charge in [-0.25, -0.2) is 9.83 Å². The molecule has 0 saturated heterocycles. The van der Waals surface area contributed by atoms with E-state index in [1.807, 2.05) is 42.7 Å². The lowest BCUT2D eigenvalue weighted by atomic mass is 10.00. The molecule has 1 N–H and O–H groups in total. The van der Waals surface area contributed by atoms with Crippen molar-refractivity contribution in [1.29, 1.82) is 0 Å². The van der Waals surface area contributed by atoms with Crippen LogP contribution in [0, 0.1) is 11.8 Å². The molecule has 39 heavy (non-hydrogen) atoms. The maximum Gasteiger partial charge on any atom is 0.320 e. The second-order valence-electron chi connectivity index (χ2n) is 8.52. The van der Waals surface area contributed by atoms with E-state index in [2.05, 4.69) is 15.5 Å². The van der Waals surface area contributed by atoms with Gasteiger partial charge in [0.1, 0.15) is 23.0 Å². The number of nitrogens with zero attached hydrogens (tertiary/aromatic N) is 5. The first-order valence-corrected chi connectivity index (χ1v) is 12.5. The highest BCUT2D eigenvalue weighted by molar-refractivity contribution is 6.30. The van der Waals surface area contributed by atoms with Gasteiger partial charge in [-0.1, -0.05) is 29.8 Å². The Kier molecular flexibility index (Phi) is 7.20. The van der Waals surface area contributed by atoms with Crippen LogP contribution in [0.1, 0.15) is 29.7 Å². The lowest BCUT2D eigenvalue weighted by Gasteiger charge is -2.14. The number of carbonyl (C=O) groups is 1. The summed E-state index contributed by atoms with van der Waals surface area (Å²) in [6.45, 7) is 4.14. The normalized spacial score (nSPS) is 13.1. The van der Waals surface area contributed by atoms with Crippen LogP contribution >= 0.6 is 11.6 Å². The number of hydrogen-bond donors (Lipinski definition) is 1. The lowest BCUT2D eigenvalue weighted by Crippen LogP contribution is -2.20. The Balaban J connectivity index is 1.68. The smallest absolute Gasteiger partial charge is 0.320 e. The van der Waals surface area contributed by atoms with E-state index in [1.54, 1.807) is 42.5 Å². The van der Waals surface area contributed by atoms with E-state index in [1.165, 1.54) is 13.2 Å². The minimum atomic E-state index is -0.294. The number of benzene rings is 3. The van der Waals surface area contributed by atoms with Crippen molar-refractivity contribution in [2.24, 2.45) is 4.99 Å². The fourth-order valence-electron chi connectivity index (χ4n) is 4.19. The maximum atomic E-state index is 12.6. The van der Waals surface area contributed by atoms with Crippen molar-refractivity contribution in [3.63, 3.8) is 0 Å². The summed E-state index contributed by atoms with van der Waals surface area (Å²) in [6.07, 6.45) is 1.42. The van der Waals surface area contributed by atoms with Crippen molar-refractivity contribution in [2.75, 3.05) is 13.7 Å². The summed E-state index contributed by atoms with van der Waals surface area (Å²) < 4.78 is 7.98. The Morgan fingerprint density at radius 3 is 2.59 bits per heavy atom. The van der Waals surface area contributed by atoms with Crippen LogP contribution in [-0.2, 0) is 9.63 Å². The molecule has 0 unspecified atom stereocenters. The summed E-state index contributed by atoms with van der Waals surface area (Å²) in [4.78, 5) is 34.5. The number of hydrogen-bond acceptors (Lipinski definition) is 7. The number of fused-ring (bicyclic) bond motifs is 3. The summed E-state index contributed by atoms with van der Waals surface area (Å²) in [6, 6.07) is 19.4. The molecule has 0 radical (unpaired) electrons. The van der Waals surface area contributed by atoms with Gasteiger partial charge >= 0.3 is 5.69 Å². The third-order valence-electron chi connectivity index (χ3n) is 5.92. The van der Waals surface area contributed by atoms with Crippen molar-refractivity contribution in [3.8, 4) is 17.2 Å². The van der Waals surface area contributed by atoms with E-state index >= 15 is 0 Å². The van der Waals surface area contributed by atoms with E-state index in [-0.39, 0.29) is 11.6 Å². The molecule has 0 atom stereocenters. The number of carbonyl (C=O) groups excluding carboxylic acids is 1. The largest absolute Gasteiger partial charge is 0.457 e. The summed E-state index contributed by atoms with van der Waals surface area (Å²) >= 11 is 6.17. The first kappa shape index (κ1) is 25.8. The minimum Gasteiger partial charge on any atom is -0.457 e. The molecule has 1 aliphatic rings. The lowest BCUT2D eigenvalue weighted by molar-refractivity contribution is -0.736. The topological polar surface area (TPSA) is 111 Å². The highest BCUT2D eigenvalue weighted by atomic mass is 35.5. The van der Waals surface area contributed by atoms with Crippen molar-refractivity contribution >= 4 is 34.6 Å². The van der Waals surface area contributed by atoms with Crippen LogP contribution in [0.25, 0.3) is 11.4 Å². The molecule has 0 spiro atoms. The number of nitrogens with one attached hydrogen (secondary N) is 1. The molecule has 4 aromatic rings. The molecule has 0 aliphatic carbocycles. The van der Waals surface area contributed by atoms with Gasteiger partial charge in [-0.3, -0.25) is 9.36 Å². The quantitative estimate of drug-likeness (QED) is 0.249. The predicted molar refractivity (Wildman–Crippen MR) is 147 cm³/mol. The average Bonchev–Trinajstić information content (AvgIpc) is 3.26. The van der Waals surface area contributed by atoms with Crippen LogP contribution in [0.4, 0.5) is 5.69 Å². The molecule has 1 amide bonds. The second-order valence-corrected chi connectivity index (χ2v) is 8.95. The van der Waals surface area contributed by atoms with Crippen molar-refractivity contribution in [3.05, 3.63) is 106 Å². The molecule has 0 saturated carbocycles. The predicted octanol–water partition coefficient (Wildman–Crippen LogP) is 5.32. The van der Waals surface area contributed by atoms with Crippen LogP contribution in [0.5, 0.6) is 11.5 Å². The SMILES string of the molecule is CCNC(=O)C=C1N=C(c2ccc(Cl)cc2)c2cc(Oc3cccc([N+](=O)OC)c3)ccc2-n2c(C)nnc21. The summed E-state index contributed by atoms with van der Waals surface area (Å²) in [5.41, 5.74) is 3.49. The fourth-order valence-corrected chi connectivity index (χ4v) is 4.31. The molecule has 10 nitrogen and oxygen atoms in total. The van der Waals surface area contributed by atoms with E-state index in [4.69, 9.17) is 26.2 Å². The van der Waals surface area contributed by atoms with E-state index < -0.39 is 0 Å². The Hall–Kier alpha value is -4.83. The first-order valence-electron chi connectivity index (χ1n) is 12.1. The molecule has 3 aromatic carbocycles. The van der Waals surface area contributed by atoms with Gasteiger partial charge < -0.3 is 10.1 Å². The van der Waals surface area contributed by atoms with Crippen molar-refractivity contribution < 1.29 is 19.3 Å². The number of likely N-dealkylation sites (N-methyl/N-ethyl adjacent to an activating group) is 1. The van der Waals surface area contributed by atoms with E-state index in [0.29, 0.717) is 51.0 Å². The summed E-state index contributed by atoms with van der Waals surface area (Å²) in [7, 11) is 1.29. The summed E-state index contributed by atoms with van der Waals surface area (Å²) in [5, 5.41) is 11.9. The number of halogens is 1. The van der Waals surface area contributed by atoms with Crippen LogP contribution in [0.2, 0.25) is 5.02 Å². The molecule has 196 valence electrons. The van der Waals surface area contributed by atoms with Crippen LogP contribution in [0.3, 0.4) is 0 Å². The van der Waals surface area contributed by atoms with Gasteiger partial charge in [-0.15, -0.1) is 10.2 Å². The number of aromatic nitrogens is 3. The van der Waals surface area contributed by atoms with Gasteiger partial charge in [0, 0.05) is 34.8 Å². The third-order valence-corrected chi connectivity index (χ3v) is 6.17. The van der Waals surface area contributed by atoms with Gasteiger partial charge in [0.2, 0.25) is 5.91 Å². The van der Waals surface area contributed by atoms with E-state index in [0.717, 1.165) is 16.8 Å². The van der Waals surface area contributed by atoms with E-state index in [9.17, 15) is 9.70 Å². The number of aryl methyl sites for hydroxylation is 1. The monoisotopic (exact) mass is 543 g/mol. The highest BCUT2D eigenvalue weighted by Gasteiger charge is 2.26. The van der Waals surface area contributed by atoms with Crippen LogP contribution in [0.15, 0.2) is 77.8 Å². The van der Waals surface area contributed by atoms with Crippen LogP contribution in [-0.4, -0.2) is 45.0 Å². The number of aliphatic imine (C=N–C) groups is 1. The molecule has 0 bridgehead atoms. The molecule has 0 fully saturated rings. The molecular formula is C28H24ClN6O4+. The Morgan fingerprint density at radius 2 is 1.85 bits per heavy atom. The molecule has 1 aliphatic heterocycles. The zero-order valence-electron chi connectivity index (χ0n) is 21.4. The third kappa shape index (κ3) is 5.27. The van der Waals surface area contributed by atoms with Gasteiger partial charge in [-0.05, 0) is 50.2 Å². The Bertz CT molecular complexity index is 1640. The molecule has 1 aromatic heterocycles. The standard InChI is InChI=1S/C28H23ClN6O4/c1-4-30-26(36)16-24-28-33-32-17(2)34(28)25-13-12-22(39-21-7-5-6-20(14-21)35(37)38-3)15-23(25)27(31-24)18-8-10-19(29)11-9-18/h5-16H,4H2,1-3H3/p+1. The molecule has 11 heteroatoms. The zero-order chi connectivity index (χ0) is 27.5. The average molecular weight is 544 g/mol. The molecule has 5 rings (SSSR count). The first-order chi connectivity index (χ1) is 18.9. The Morgan fingerprint density at radius 1 is 1.08 bits per heavy atom. The van der Waals surface area contributed by atoms with Gasteiger partial charge in [-0.2, -0.15) is 0 Å². The molecular weight excluding hydrogens is 520 g/mol. The van der Waals surface area contributed by atoms with Crippen molar-refractivity contribution in [2.45, 2.75) is 13.8 Å². The minimum absolute atomic E-state index is 0.290. The fraction of sp³-hybridized carbons (Fsp3) is 0.143.